The minimum absolute atomic E-state index is 0.0318. The maximum Gasteiger partial charge on any atom is 0.271 e. The van der Waals surface area contributed by atoms with Gasteiger partial charge in [-0.05, 0) is 38.0 Å². The third kappa shape index (κ3) is 3.04. The molecule has 1 N–H and O–H groups in total. The van der Waals surface area contributed by atoms with Gasteiger partial charge in [0.1, 0.15) is 5.69 Å². The molecule has 27 heavy (non-hydrogen) atoms. The SMILES string of the molecule is Cc1sc(N(C#N)c2cc(F)nc(F)c2)nc1C(=O)NC1CCC12CCC2. The summed E-state index contributed by atoms with van der Waals surface area (Å²) in [6.07, 6.45) is 7.50. The first-order valence-electron chi connectivity index (χ1n) is 8.73. The van der Waals surface area contributed by atoms with Crippen LogP contribution in [0.5, 0.6) is 0 Å². The van der Waals surface area contributed by atoms with Gasteiger partial charge in [-0.25, -0.2) is 9.88 Å². The minimum atomic E-state index is -1.03. The molecule has 0 aliphatic heterocycles. The van der Waals surface area contributed by atoms with Crippen molar-refractivity contribution in [2.75, 3.05) is 4.90 Å². The van der Waals surface area contributed by atoms with Crippen LogP contribution in [0.4, 0.5) is 19.6 Å². The van der Waals surface area contributed by atoms with Crippen molar-refractivity contribution in [3.8, 4) is 6.19 Å². The second-order valence-electron chi connectivity index (χ2n) is 7.09. The van der Waals surface area contributed by atoms with Crippen molar-refractivity contribution in [1.29, 1.82) is 5.26 Å². The van der Waals surface area contributed by atoms with Crippen molar-refractivity contribution >= 4 is 28.1 Å². The van der Waals surface area contributed by atoms with Crippen LogP contribution in [0.15, 0.2) is 12.1 Å². The number of nitrogens with zero attached hydrogens (tertiary/aromatic N) is 4. The first kappa shape index (κ1) is 17.8. The largest absolute Gasteiger partial charge is 0.347 e. The second kappa shape index (κ2) is 6.53. The molecule has 4 rings (SSSR count). The fourth-order valence-electron chi connectivity index (χ4n) is 3.86. The standard InChI is InChI=1S/C18H17F2N5OS/c1-10-15(16(26)22-12-3-6-18(12)4-2-5-18)24-17(27-10)25(9-21)11-7-13(19)23-14(20)8-11/h7-8,12H,2-6H2,1H3,(H,22,26). The van der Waals surface area contributed by atoms with Crippen LogP contribution in [-0.4, -0.2) is 21.9 Å². The highest BCUT2D eigenvalue weighted by Crippen LogP contribution is 2.55. The van der Waals surface area contributed by atoms with E-state index in [9.17, 15) is 18.8 Å². The van der Waals surface area contributed by atoms with Crippen LogP contribution in [0, 0.1) is 35.7 Å². The Labute approximate surface area is 158 Å². The van der Waals surface area contributed by atoms with Crippen LogP contribution in [0.2, 0.25) is 0 Å². The number of hydrogen-bond donors (Lipinski definition) is 1. The van der Waals surface area contributed by atoms with Gasteiger partial charge in [-0.1, -0.05) is 6.42 Å². The molecular weight excluding hydrogens is 372 g/mol. The molecule has 6 nitrogen and oxygen atoms in total. The Balaban J connectivity index is 1.56. The van der Waals surface area contributed by atoms with E-state index in [0.29, 0.717) is 4.88 Å². The van der Waals surface area contributed by atoms with E-state index in [0.717, 1.165) is 54.1 Å². The van der Waals surface area contributed by atoms with Gasteiger partial charge in [0.15, 0.2) is 6.19 Å². The maximum absolute atomic E-state index is 13.4. The van der Waals surface area contributed by atoms with Gasteiger partial charge in [-0.15, -0.1) is 11.3 Å². The van der Waals surface area contributed by atoms with E-state index in [4.69, 9.17) is 0 Å². The number of carbonyl (C=O) groups excluding carboxylic acids is 1. The fraction of sp³-hybridized carbons (Fsp3) is 0.444. The van der Waals surface area contributed by atoms with Gasteiger partial charge < -0.3 is 5.32 Å². The van der Waals surface area contributed by atoms with Gasteiger partial charge >= 0.3 is 0 Å². The van der Waals surface area contributed by atoms with E-state index in [1.807, 2.05) is 6.19 Å². The van der Waals surface area contributed by atoms with Gasteiger partial charge in [0.05, 0.1) is 5.69 Å². The van der Waals surface area contributed by atoms with Crippen LogP contribution in [0.3, 0.4) is 0 Å². The molecule has 0 aromatic carbocycles. The number of nitrogens with one attached hydrogen (secondary N) is 1. The molecule has 1 atom stereocenters. The number of aryl methyl sites for hydroxylation is 1. The average Bonchev–Trinajstić information content (AvgIpc) is 2.91. The molecule has 2 aliphatic carbocycles. The van der Waals surface area contributed by atoms with Crippen LogP contribution in [0.25, 0.3) is 0 Å². The number of hydrogen-bond acceptors (Lipinski definition) is 6. The molecule has 2 saturated carbocycles. The number of anilines is 2. The van der Waals surface area contributed by atoms with Crippen molar-refractivity contribution in [3.05, 3.63) is 34.6 Å². The van der Waals surface area contributed by atoms with Gasteiger partial charge in [0.2, 0.25) is 17.0 Å². The zero-order valence-corrected chi connectivity index (χ0v) is 15.4. The first-order chi connectivity index (χ1) is 12.9. The molecular formula is C18H17F2N5OS. The number of pyridine rings is 1. The van der Waals surface area contributed by atoms with Crippen LogP contribution >= 0.6 is 11.3 Å². The number of rotatable bonds is 4. The summed E-state index contributed by atoms with van der Waals surface area (Å²) in [4.78, 5) is 21.6. The Morgan fingerprint density at radius 3 is 2.56 bits per heavy atom. The number of amides is 1. The average molecular weight is 389 g/mol. The summed E-state index contributed by atoms with van der Waals surface area (Å²) < 4.78 is 26.8. The fourth-order valence-corrected chi connectivity index (χ4v) is 4.74. The molecule has 140 valence electrons. The first-order valence-corrected chi connectivity index (χ1v) is 9.55. The van der Waals surface area contributed by atoms with E-state index < -0.39 is 11.9 Å². The highest BCUT2D eigenvalue weighted by atomic mass is 32.1. The second-order valence-corrected chi connectivity index (χ2v) is 8.27. The Kier molecular flexibility index (Phi) is 4.30. The maximum atomic E-state index is 13.4. The summed E-state index contributed by atoms with van der Waals surface area (Å²) in [7, 11) is 0. The van der Waals surface area contributed by atoms with Crippen molar-refractivity contribution in [3.63, 3.8) is 0 Å². The zero-order valence-electron chi connectivity index (χ0n) is 14.6. The minimum Gasteiger partial charge on any atom is -0.347 e. The third-order valence-corrected chi connectivity index (χ3v) is 6.58. The third-order valence-electron chi connectivity index (χ3n) is 5.62. The molecule has 1 amide bonds. The molecule has 2 aromatic rings. The predicted molar refractivity (Wildman–Crippen MR) is 95.5 cm³/mol. The van der Waals surface area contributed by atoms with Crippen LogP contribution in [-0.2, 0) is 0 Å². The molecule has 0 bridgehead atoms. The summed E-state index contributed by atoms with van der Waals surface area (Å²) in [5.41, 5.74) is 0.481. The lowest BCUT2D eigenvalue weighted by molar-refractivity contribution is -0.0147. The molecule has 0 saturated heterocycles. The van der Waals surface area contributed by atoms with Crippen molar-refractivity contribution in [2.45, 2.75) is 45.1 Å². The number of nitriles is 1. The molecule has 0 radical (unpaired) electrons. The van der Waals surface area contributed by atoms with Crippen LogP contribution in [0.1, 0.15) is 47.5 Å². The molecule has 2 heterocycles. The number of halogens is 2. The van der Waals surface area contributed by atoms with Gasteiger partial charge in [0, 0.05) is 23.1 Å². The summed E-state index contributed by atoms with van der Waals surface area (Å²) >= 11 is 1.12. The van der Waals surface area contributed by atoms with Crippen molar-refractivity contribution < 1.29 is 13.6 Å². The topological polar surface area (TPSA) is 81.9 Å². The lowest BCUT2D eigenvalue weighted by atomic mass is 9.53. The molecule has 1 spiro atoms. The summed E-state index contributed by atoms with van der Waals surface area (Å²) in [5, 5.41) is 12.7. The normalized spacial score (nSPS) is 19.7. The lowest BCUT2D eigenvalue weighted by Gasteiger charge is -2.56. The highest BCUT2D eigenvalue weighted by Gasteiger charge is 2.51. The quantitative estimate of drug-likeness (QED) is 0.489. The van der Waals surface area contributed by atoms with E-state index >= 15 is 0 Å². The Morgan fingerprint density at radius 1 is 1.33 bits per heavy atom. The monoisotopic (exact) mass is 389 g/mol. The van der Waals surface area contributed by atoms with Gasteiger partial charge in [0.25, 0.3) is 5.91 Å². The predicted octanol–water partition coefficient (Wildman–Crippen LogP) is 3.81. The van der Waals surface area contributed by atoms with Gasteiger partial charge in [-0.2, -0.15) is 19.0 Å². The number of thiazole rings is 1. The van der Waals surface area contributed by atoms with Crippen LogP contribution < -0.4 is 10.2 Å². The highest BCUT2D eigenvalue weighted by molar-refractivity contribution is 7.16. The summed E-state index contributed by atoms with van der Waals surface area (Å²) in [6.45, 7) is 1.74. The van der Waals surface area contributed by atoms with E-state index in [2.05, 4.69) is 15.3 Å². The molecule has 9 heteroatoms. The van der Waals surface area contributed by atoms with Crippen molar-refractivity contribution in [2.24, 2.45) is 5.41 Å². The molecule has 2 fully saturated rings. The molecule has 1 unspecified atom stereocenters. The Morgan fingerprint density at radius 2 is 2.04 bits per heavy atom. The van der Waals surface area contributed by atoms with E-state index in [-0.39, 0.29) is 33.9 Å². The Bertz CT molecular complexity index is 924. The lowest BCUT2D eigenvalue weighted by Crippen LogP contribution is -2.58. The number of carbonyl (C=O) groups is 1. The summed E-state index contributed by atoms with van der Waals surface area (Å²) in [5.74, 6) is -2.34. The molecule has 2 aliphatic rings. The summed E-state index contributed by atoms with van der Waals surface area (Å²) in [6, 6.07) is 2.06. The van der Waals surface area contributed by atoms with Gasteiger partial charge in [-0.3, -0.25) is 4.79 Å². The smallest absolute Gasteiger partial charge is 0.271 e. The Hall–Kier alpha value is -2.60. The van der Waals surface area contributed by atoms with E-state index in [1.54, 1.807) is 6.92 Å². The van der Waals surface area contributed by atoms with Crippen molar-refractivity contribution in [1.82, 2.24) is 15.3 Å². The zero-order chi connectivity index (χ0) is 19.2. The molecule has 2 aromatic heterocycles. The van der Waals surface area contributed by atoms with E-state index in [1.165, 1.54) is 6.42 Å². The number of aromatic nitrogens is 2.